The van der Waals surface area contributed by atoms with Crippen molar-refractivity contribution in [1.82, 2.24) is 5.32 Å². The molecule has 1 saturated heterocycles. The Labute approximate surface area is 163 Å². The van der Waals surface area contributed by atoms with Gasteiger partial charge in [-0.2, -0.15) is 0 Å². The molecule has 2 aliphatic heterocycles. The maximum atomic E-state index is 13.4. The number of amides is 2. The van der Waals surface area contributed by atoms with E-state index in [-0.39, 0.29) is 17.9 Å². The summed E-state index contributed by atoms with van der Waals surface area (Å²) in [6.45, 7) is 3.96. The van der Waals surface area contributed by atoms with Gasteiger partial charge >= 0.3 is 0 Å². The van der Waals surface area contributed by atoms with Crippen LogP contribution in [0.25, 0.3) is 0 Å². The normalized spacial score (nSPS) is 21.6. The molecule has 27 heavy (non-hydrogen) atoms. The minimum atomic E-state index is -0.897. The van der Waals surface area contributed by atoms with Gasteiger partial charge in [0.15, 0.2) is 4.87 Å². The molecule has 2 aliphatic rings. The average molecular weight is 382 g/mol. The minimum Gasteiger partial charge on any atom is -0.496 e. The molecule has 2 atom stereocenters. The topological polar surface area (TPSA) is 58.6 Å². The van der Waals surface area contributed by atoms with Crippen molar-refractivity contribution in [2.75, 3.05) is 12.0 Å². The number of nitrogens with zero attached hydrogens (tertiary/aromatic N) is 1. The predicted molar refractivity (Wildman–Crippen MR) is 106 cm³/mol. The standard InChI is InChI=1S/C21H22N2O3S/c1-13-8-9-17(26-3)15(12-13)14(2)22-20(25)21-11-10-19(24)23(21)16-6-4-5-7-18(16)27-21/h4-9,12,14H,10-11H2,1-3H3,(H,22,25). The molecule has 1 N–H and O–H groups in total. The van der Waals surface area contributed by atoms with Crippen molar-refractivity contribution >= 4 is 29.3 Å². The number of methoxy groups -OCH3 is 1. The zero-order valence-corrected chi connectivity index (χ0v) is 16.4. The maximum Gasteiger partial charge on any atom is 0.257 e. The molecule has 5 nitrogen and oxygen atoms in total. The summed E-state index contributed by atoms with van der Waals surface area (Å²) in [5.41, 5.74) is 2.87. The van der Waals surface area contributed by atoms with Gasteiger partial charge in [0, 0.05) is 16.9 Å². The van der Waals surface area contributed by atoms with Crippen LogP contribution >= 0.6 is 11.8 Å². The number of rotatable bonds is 4. The fourth-order valence-corrected chi connectivity index (χ4v) is 5.30. The van der Waals surface area contributed by atoms with E-state index >= 15 is 0 Å². The molecule has 0 saturated carbocycles. The molecule has 2 amide bonds. The molecule has 2 aromatic carbocycles. The Balaban J connectivity index is 1.64. The highest BCUT2D eigenvalue weighted by Crippen LogP contribution is 2.55. The molecule has 0 spiro atoms. The van der Waals surface area contributed by atoms with Crippen LogP contribution in [0.1, 0.15) is 36.9 Å². The van der Waals surface area contributed by atoms with Crippen LogP contribution in [0.4, 0.5) is 5.69 Å². The second-order valence-electron chi connectivity index (χ2n) is 7.02. The summed E-state index contributed by atoms with van der Waals surface area (Å²) in [5, 5.41) is 3.12. The fourth-order valence-electron chi connectivity index (χ4n) is 3.88. The highest BCUT2D eigenvalue weighted by molar-refractivity contribution is 8.02. The Morgan fingerprint density at radius 1 is 1.30 bits per heavy atom. The van der Waals surface area contributed by atoms with E-state index in [9.17, 15) is 9.59 Å². The lowest BCUT2D eigenvalue weighted by Gasteiger charge is -2.31. The highest BCUT2D eigenvalue weighted by Gasteiger charge is 2.57. The van der Waals surface area contributed by atoms with Gasteiger partial charge in [0.2, 0.25) is 5.91 Å². The van der Waals surface area contributed by atoms with Crippen LogP contribution in [0.3, 0.4) is 0 Å². The SMILES string of the molecule is COc1ccc(C)cc1C(C)NC(=O)C12CCC(=O)N1c1ccccc1S2. The van der Waals surface area contributed by atoms with Crippen molar-refractivity contribution in [3.05, 3.63) is 53.6 Å². The monoisotopic (exact) mass is 382 g/mol. The number of carbonyl (C=O) groups is 2. The lowest BCUT2D eigenvalue weighted by atomic mass is 10.0. The largest absolute Gasteiger partial charge is 0.496 e. The zero-order chi connectivity index (χ0) is 19.2. The Morgan fingerprint density at radius 2 is 2.07 bits per heavy atom. The summed E-state index contributed by atoms with van der Waals surface area (Å²) < 4.78 is 5.46. The van der Waals surface area contributed by atoms with Gasteiger partial charge in [-0.15, -0.1) is 0 Å². The third-order valence-corrected chi connectivity index (χ3v) is 6.70. The van der Waals surface area contributed by atoms with Crippen molar-refractivity contribution in [3.8, 4) is 5.75 Å². The molecule has 6 heteroatoms. The number of hydrogen-bond donors (Lipinski definition) is 1. The van der Waals surface area contributed by atoms with Crippen LogP contribution < -0.4 is 15.0 Å². The van der Waals surface area contributed by atoms with Gasteiger partial charge in [0.1, 0.15) is 5.75 Å². The number of fused-ring (bicyclic) bond motifs is 3. The molecule has 0 bridgehead atoms. The first-order valence-electron chi connectivity index (χ1n) is 9.03. The third-order valence-electron chi connectivity index (χ3n) is 5.23. The highest BCUT2D eigenvalue weighted by atomic mass is 32.2. The summed E-state index contributed by atoms with van der Waals surface area (Å²) in [7, 11) is 1.63. The van der Waals surface area contributed by atoms with Gasteiger partial charge in [0.25, 0.3) is 5.91 Å². The van der Waals surface area contributed by atoms with Crippen molar-refractivity contribution in [1.29, 1.82) is 0 Å². The number of anilines is 1. The van der Waals surface area contributed by atoms with Crippen LogP contribution in [-0.4, -0.2) is 23.8 Å². The third kappa shape index (κ3) is 2.79. The first-order chi connectivity index (χ1) is 13.0. The average Bonchev–Trinajstić information content (AvgIpc) is 3.17. The number of carbonyl (C=O) groups excluding carboxylic acids is 2. The van der Waals surface area contributed by atoms with E-state index < -0.39 is 4.87 Å². The first kappa shape index (κ1) is 17.9. The van der Waals surface area contributed by atoms with Crippen LogP contribution in [0.5, 0.6) is 5.75 Å². The molecule has 4 rings (SSSR count). The number of hydrogen-bond acceptors (Lipinski definition) is 4. The lowest BCUT2D eigenvalue weighted by Crippen LogP contribution is -2.52. The van der Waals surface area contributed by atoms with Gasteiger partial charge in [-0.3, -0.25) is 14.5 Å². The van der Waals surface area contributed by atoms with Gasteiger partial charge in [-0.25, -0.2) is 0 Å². The Bertz CT molecular complexity index is 929. The van der Waals surface area contributed by atoms with E-state index in [0.29, 0.717) is 12.8 Å². The summed E-state index contributed by atoms with van der Waals surface area (Å²) in [6, 6.07) is 13.4. The molecule has 0 aromatic heterocycles. The summed E-state index contributed by atoms with van der Waals surface area (Å²) in [6.07, 6.45) is 0.894. The predicted octanol–water partition coefficient (Wildman–Crippen LogP) is 3.81. The molecular weight excluding hydrogens is 360 g/mol. The van der Waals surface area contributed by atoms with E-state index in [2.05, 4.69) is 5.32 Å². The zero-order valence-electron chi connectivity index (χ0n) is 15.6. The quantitative estimate of drug-likeness (QED) is 0.874. The molecule has 2 unspecified atom stereocenters. The molecule has 140 valence electrons. The van der Waals surface area contributed by atoms with E-state index in [4.69, 9.17) is 4.74 Å². The summed E-state index contributed by atoms with van der Waals surface area (Å²) in [4.78, 5) is 27.7. The molecule has 0 radical (unpaired) electrons. The summed E-state index contributed by atoms with van der Waals surface area (Å²) >= 11 is 1.48. The molecule has 2 aromatic rings. The molecule has 0 aliphatic carbocycles. The van der Waals surface area contributed by atoms with Gasteiger partial charge in [0.05, 0.1) is 18.8 Å². The minimum absolute atomic E-state index is 0.00314. The number of aryl methyl sites for hydroxylation is 1. The van der Waals surface area contributed by atoms with Crippen LogP contribution in [0.15, 0.2) is 47.4 Å². The van der Waals surface area contributed by atoms with Crippen LogP contribution in [0.2, 0.25) is 0 Å². The van der Waals surface area contributed by atoms with E-state index in [1.807, 2.05) is 56.3 Å². The Kier molecular flexibility index (Phi) is 4.38. The van der Waals surface area contributed by atoms with E-state index in [0.717, 1.165) is 27.5 Å². The second kappa shape index (κ2) is 6.60. The number of para-hydroxylation sites is 1. The molecule has 1 fully saturated rings. The number of nitrogens with one attached hydrogen (secondary N) is 1. The Hall–Kier alpha value is -2.47. The number of benzene rings is 2. The number of thioether (sulfide) groups is 1. The summed E-state index contributed by atoms with van der Waals surface area (Å²) in [5.74, 6) is 0.613. The van der Waals surface area contributed by atoms with Crippen molar-refractivity contribution in [2.24, 2.45) is 0 Å². The fraction of sp³-hybridized carbons (Fsp3) is 0.333. The van der Waals surface area contributed by atoms with E-state index in [1.165, 1.54) is 11.8 Å². The van der Waals surface area contributed by atoms with Gasteiger partial charge in [-0.1, -0.05) is 41.6 Å². The first-order valence-corrected chi connectivity index (χ1v) is 9.84. The molecule has 2 heterocycles. The van der Waals surface area contributed by atoms with Crippen molar-refractivity contribution in [2.45, 2.75) is 42.5 Å². The molecular formula is C21H22N2O3S. The van der Waals surface area contributed by atoms with Crippen LogP contribution in [-0.2, 0) is 9.59 Å². The van der Waals surface area contributed by atoms with Crippen LogP contribution in [0, 0.1) is 6.92 Å². The van der Waals surface area contributed by atoms with Crippen molar-refractivity contribution < 1.29 is 14.3 Å². The van der Waals surface area contributed by atoms with Gasteiger partial charge < -0.3 is 10.1 Å². The smallest absolute Gasteiger partial charge is 0.257 e. The van der Waals surface area contributed by atoms with Crippen molar-refractivity contribution in [3.63, 3.8) is 0 Å². The lowest BCUT2D eigenvalue weighted by molar-refractivity contribution is -0.125. The van der Waals surface area contributed by atoms with E-state index in [1.54, 1.807) is 12.0 Å². The Morgan fingerprint density at radius 3 is 2.85 bits per heavy atom. The number of ether oxygens (including phenoxy) is 1. The van der Waals surface area contributed by atoms with Gasteiger partial charge in [-0.05, 0) is 38.5 Å². The second-order valence-corrected chi connectivity index (χ2v) is 8.34. The maximum absolute atomic E-state index is 13.4.